The minimum atomic E-state index is -0.494. The third-order valence-corrected chi connectivity index (χ3v) is 4.78. The predicted molar refractivity (Wildman–Crippen MR) is 98.8 cm³/mol. The zero-order valence-electron chi connectivity index (χ0n) is 13.7. The van der Waals surface area contributed by atoms with Crippen molar-refractivity contribution < 1.29 is 13.9 Å². The summed E-state index contributed by atoms with van der Waals surface area (Å²) < 4.78 is 18.5. The molecular weight excluding hydrogens is 364 g/mol. The monoisotopic (exact) mass is 379 g/mol. The van der Waals surface area contributed by atoms with Crippen molar-refractivity contribution in [1.29, 1.82) is 0 Å². The molecule has 0 aliphatic heterocycles. The van der Waals surface area contributed by atoms with Gasteiger partial charge in [-0.25, -0.2) is 4.39 Å². The molecule has 0 amide bonds. The molecule has 2 aromatic carbocycles. The number of fused-ring (bicyclic) bond motifs is 1. The second-order valence-corrected chi connectivity index (χ2v) is 6.56. The number of rotatable bonds is 4. The van der Waals surface area contributed by atoms with Gasteiger partial charge in [-0.15, -0.1) is 0 Å². The molecule has 1 N–H and O–H groups in total. The van der Waals surface area contributed by atoms with Gasteiger partial charge in [0.05, 0.1) is 23.7 Å². The van der Waals surface area contributed by atoms with E-state index in [0.29, 0.717) is 22.7 Å². The van der Waals surface area contributed by atoms with Crippen LogP contribution in [-0.2, 0) is 9.53 Å². The number of halogens is 3. The van der Waals surface area contributed by atoms with Crippen molar-refractivity contribution in [2.75, 3.05) is 7.11 Å². The molecule has 25 heavy (non-hydrogen) atoms. The van der Waals surface area contributed by atoms with Gasteiger partial charge in [0.25, 0.3) is 0 Å². The largest absolute Gasteiger partial charge is 0.469 e. The normalized spacial score (nSPS) is 12.4. The average Bonchev–Trinajstić information content (AvgIpc) is 2.96. The summed E-state index contributed by atoms with van der Waals surface area (Å²) in [5.41, 5.74) is 3.00. The summed E-state index contributed by atoms with van der Waals surface area (Å²) >= 11 is 12.1. The van der Waals surface area contributed by atoms with Gasteiger partial charge >= 0.3 is 5.97 Å². The molecule has 3 aromatic rings. The first-order valence-electron chi connectivity index (χ1n) is 7.80. The smallest absolute Gasteiger partial charge is 0.313 e. The number of carbonyl (C=O) groups excluding carboxylic acids is 1. The van der Waals surface area contributed by atoms with Crippen molar-refractivity contribution in [1.82, 2.24) is 4.98 Å². The Morgan fingerprint density at radius 1 is 1.24 bits per heavy atom. The average molecular weight is 380 g/mol. The van der Waals surface area contributed by atoms with E-state index in [4.69, 9.17) is 27.9 Å². The van der Waals surface area contributed by atoms with Gasteiger partial charge < -0.3 is 9.72 Å². The molecule has 0 radical (unpaired) electrons. The van der Waals surface area contributed by atoms with Crippen molar-refractivity contribution in [3.8, 4) is 11.3 Å². The molecule has 6 heteroatoms. The van der Waals surface area contributed by atoms with Gasteiger partial charge in [0.15, 0.2) is 0 Å². The van der Waals surface area contributed by atoms with Crippen LogP contribution in [-0.4, -0.2) is 18.1 Å². The highest BCUT2D eigenvalue weighted by Crippen LogP contribution is 2.39. The molecule has 0 fully saturated rings. The van der Waals surface area contributed by atoms with E-state index in [1.807, 2.05) is 19.1 Å². The van der Waals surface area contributed by atoms with Gasteiger partial charge in [0, 0.05) is 15.9 Å². The fourth-order valence-corrected chi connectivity index (χ4v) is 3.41. The molecule has 3 nitrogen and oxygen atoms in total. The highest BCUT2D eigenvalue weighted by Gasteiger charge is 2.27. The Morgan fingerprint density at radius 2 is 2.00 bits per heavy atom. The maximum atomic E-state index is 13.5. The predicted octanol–water partition coefficient (Wildman–Crippen LogP) is 5.95. The lowest BCUT2D eigenvalue weighted by Crippen LogP contribution is -2.14. The molecule has 1 unspecified atom stereocenters. The van der Waals surface area contributed by atoms with Crippen LogP contribution >= 0.6 is 23.2 Å². The summed E-state index contributed by atoms with van der Waals surface area (Å²) in [5.74, 6) is -1.31. The van der Waals surface area contributed by atoms with Crippen molar-refractivity contribution in [2.24, 2.45) is 0 Å². The second-order valence-electron chi connectivity index (χ2n) is 5.72. The molecule has 3 rings (SSSR count). The topological polar surface area (TPSA) is 42.1 Å². The quantitative estimate of drug-likeness (QED) is 0.569. The number of hydrogen-bond donors (Lipinski definition) is 1. The van der Waals surface area contributed by atoms with Crippen LogP contribution in [0.2, 0.25) is 10.0 Å². The van der Waals surface area contributed by atoms with Gasteiger partial charge in [-0.3, -0.25) is 4.79 Å². The number of benzene rings is 2. The van der Waals surface area contributed by atoms with Crippen LogP contribution in [0.1, 0.15) is 24.8 Å². The number of H-pyrrole nitrogens is 1. The van der Waals surface area contributed by atoms with Crippen LogP contribution in [0.25, 0.3) is 22.2 Å². The zero-order valence-corrected chi connectivity index (χ0v) is 15.2. The number of aromatic amines is 1. The molecule has 1 heterocycles. The molecule has 0 saturated carbocycles. The van der Waals surface area contributed by atoms with Crippen LogP contribution in [0.5, 0.6) is 0 Å². The fourth-order valence-electron chi connectivity index (χ4n) is 3.06. The molecule has 1 atom stereocenters. The van der Waals surface area contributed by atoms with Crippen molar-refractivity contribution in [3.05, 3.63) is 57.8 Å². The Hall–Kier alpha value is -2.04. The van der Waals surface area contributed by atoms with E-state index in [1.54, 1.807) is 12.1 Å². The number of nitrogens with one attached hydrogen (secondary N) is 1. The molecule has 1 aromatic heterocycles. The van der Waals surface area contributed by atoms with E-state index in [9.17, 15) is 9.18 Å². The third-order valence-electron chi connectivity index (χ3n) is 4.25. The van der Waals surface area contributed by atoms with Gasteiger partial charge in [-0.05, 0) is 53.9 Å². The lowest BCUT2D eigenvalue weighted by molar-refractivity contribution is -0.142. The van der Waals surface area contributed by atoms with E-state index < -0.39 is 11.7 Å². The molecule has 0 bridgehead atoms. The Kier molecular flexibility index (Phi) is 5.02. The van der Waals surface area contributed by atoms with Gasteiger partial charge in [0.2, 0.25) is 0 Å². The number of carbonyl (C=O) groups is 1. The number of ether oxygens (including phenoxy) is 1. The fraction of sp³-hybridized carbons (Fsp3) is 0.211. The van der Waals surface area contributed by atoms with Crippen molar-refractivity contribution in [3.63, 3.8) is 0 Å². The molecule has 0 aliphatic carbocycles. The Labute approximate surface area is 154 Å². The SMILES string of the molecule is CCC(C(=O)OC)c1c(-c2ccc(F)c(Cl)c2)[nH]c2ccc(Cl)cc12. The number of esters is 1. The summed E-state index contributed by atoms with van der Waals surface area (Å²) in [6.45, 7) is 1.91. The minimum absolute atomic E-state index is 0.0197. The number of hydrogen-bond acceptors (Lipinski definition) is 2. The summed E-state index contributed by atoms with van der Waals surface area (Å²) in [6.07, 6.45) is 0.550. The van der Waals surface area contributed by atoms with Crippen LogP contribution in [0.3, 0.4) is 0 Å². The van der Waals surface area contributed by atoms with E-state index >= 15 is 0 Å². The molecule has 0 saturated heterocycles. The van der Waals surface area contributed by atoms with Crippen LogP contribution < -0.4 is 0 Å². The summed E-state index contributed by atoms with van der Waals surface area (Å²) in [4.78, 5) is 15.6. The Balaban J connectivity index is 2.32. The molecule has 0 spiro atoms. The Morgan fingerprint density at radius 3 is 2.64 bits per heavy atom. The molecular formula is C19H16Cl2FNO2. The minimum Gasteiger partial charge on any atom is -0.469 e. The van der Waals surface area contributed by atoms with Crippen LogP contribution in [0.15, 0.2) is 36.4 Å². The van der Waals surface area contributed by atoms with E-state index in [2.05, 4.69) is 4.98 Å². The first-order valence-corrected chi connectivity index (χ1v) is 8.56. The van der Waals surface area contributed by atoms with Crippen LogP contribution in [0.4, 0.5) is 4.39 Å². The first-order chi connectivity index (χ1) is 12.0. The highest BCUT2D eigenvalue weighted by atomic mass is 35.5. The maximum absolute atomic E-state index is 13.5. The second kappa shape index (κ2) is 7.06. The van der Waals surface area contributed by atoms with Crippen molar-refractivity contribution in [2.45, 2.75) is 19.3 Å². The third kappa shape index (κ3) is 3.24. The summed E-state index contributed by atoms with van der Waals surface area (Å²) in [6, 6.07) is 9.89. The Bertz CT molecular complexity index is 952. The highest BCUT2D eigenvalue weighted by molar-refractivity contribution is 6.31. The lowest BCUT2D eigenvalue weighted by Gasteiger charge is -2.15. The van der Waals surface area contributed by atoms with E-state index in [0.717, 1.165) is 16.5 Å². The zero-order chi connectivity index (χ0) is 18.1. The van der Waals surface area contributed by atoms with E-state index in [1.165, 1.54) is 19.2 Å². The number of aromatic nitrogens is 1. The van der Waals surface area contributed by atoms with E-state index in [-0.39, 0.29) is 11.0 Å². The van der Waals surface area contributed by atoms with Gasteiger partial charge in [-0.1, -0.05) is 30.1 Å². The standard InChI is InChI=1S/C19H16Cl2FNO2/c1-3-12(19(24)25-2)17-13-9-11(20)5-7-16(13)23-18(17)10-4-6-15(22)14(21)8-10/h4-9,12,23H,3H2,1-2H3. The lowest BCUT2D eigenvalue weighted by atomic mass is 9.91. The molecule has 0 aliphatic rings. The van der Waals surface area contributed by atoms with Crippen LogP contribution in [0, 0.1) is 5.82 Å². The molecule has 130 valence electrons. The number of methoxy groups -OCH3 is 1. The van der Waals surface area contributed by atoms with Gasteiger partial charge in [-0.2, -0.15) is 0 Å². The summed E-state index contributed by atoms with van der Waals surface area (Å²) in [7, 11) is 1.36. The van der Waals surface area contributed by atoms with Crippen molar-refractivity contribution >= 4 is 40.1 Å². The summed E-state index contributed by atoms with van der Waals surface area (Å²) in [5, 5.41) is 1.42. The first kappa shape index (κ1) is 17.8. The maximum Gasteiger partial charge on any atom is 0.313 e. The van der Waals surface area contributed by atoms with Gasteiger partial charge in [0.1, 0.15) is 5.82 Å².